The summed E-state index contributed by atoms with van der Waals surface area (Å²) in [4.78, 5) is 16.3. The van der Waals surface area contributed by atoms with E-state index in [1.54, 1.807) is 45.0 Å². The molecule has 8 heteroatoms. The number of thiazole rings is 1. The van der Waals surface area contributed by atoms with Crippen LogP contribution in [0.15, 0.2) is 36.4 Å². The highest BCUT2D eigenvalue weighted by Gasteiger charge is 2.17. The lowest BCUT2D eigenvalue weighted by molar-refractivity contribution is 0.0636. The van der Waals surface area contributed by atoms with Crippen molar-refractivity contribution in [1.82, 2.24) is 4.98 Å². The van der Waals surface area contributed by atoms with Crippen LogP contribution in [-0.2, 0) is 4.74 Å². The normalized spacial score (nSPS) is 11.4. The number of nitrogens with one attached hydrogen (secondary N) is 1. The zero-order chi connectivity index (χ0) is 18.9. The Hall–Kier alpha value is -2.02. The van der Waals surface area contributed by atoms with Gasteiger partial charge in [0, 0.05) is 16.8 Å². The fourth-order valence-electron chi connectivity index (χ4n) is 2.15. The number of aromatic nitrogens is 1. The Morgan fingerprint density at radius 3 is 2.65 bits per heavy atom. The molecule has 0 spiro atoms. The van der Waals surface area contributed by atoms with E-state index in [2.05, 4.69) is 10.3 Å². The van der Waals surface area contributed by atoms with Crippen LogP contribution < -0.4 is 10.1 Å². The number of fused-ring (bicyclic) bond motifs is 1. The monoisotopic (exact) mass is 410 g/mol. The van der Waals surface area contributed by atoms with Crippen molar-refractivity contribution in [2.45, 2.75) is 26.4 Å². The quantitative estimate of drug-likeness (QED) is 0.518. The highest BCUT2D eigenvalue weighted by molar-refractivity contribution is 7.20. The maximum atomic E-state index is 11.9. The topological polar surface area (TPSA) is 60.5 Å². The standard InChI is InChI=1S/C18H16Cl2N2O3S/c1-18(2,3)25-16(23)21-11-7-10(19)8-12(9-11)24-17-22-15-13(20)5-4-6-14(15)26-17/h4-9H,1-3H3,(H,21,23). The number of benzene rings is 2. The molecule has 0 atom stereocenters. The van der Waals surface area contributed by atoms with Gasteiger partial charge in [0.2, 0.25) is 0 Å². The third-order valence-electron chi connectivity index (χ3n) is 3.07. The molecule has 3 rings (SSSR count). The van der Waals surface area contributed by atoms with E-state index >= 15 is 0 Å². The molecule has 2 aromatic carbocycles. The van der Waals surface area contributed by atoms with E-state index in [0.717, 1.165) is 4.70 Å². The van der Waals surface area contributed by atoms with Gasteiger partial charge in [-0.3, -0.25) is 5.32 Å². The summed E-state index contributed by atoms with van der Waals surface area (Å²) >= 11 is 13.6. The van der Waals surface area contributed by atoms with Crippen LogP contribution in [0.3, 0.4) is 0 Å². The molecule has 1 N–H and O–H groups in total. The lowest BCUT2D eigenvalue weighted by Crippen LogP contribution is -2.27. The fraction of sp³-hybridized carbons (Fsp3) is 0.222. The van der Waals surface area contributed by atoms with E-state index in [9.17, 15) is 4.79 Å². The largest absolute Gasteiger partial charge is 0.444 e. The van der Waals surface area contributed by atoms with Crippen molar-refractivity contribution in [2.75, 3.05) is 5.32 Å². The molecule has 0 aliphatic rings. The van der Waals surface area contributed by atoms with Crippen LogP contribution in [0, 0.1) is 0 Å². The van der Waals surface area contributed by atoms with Gasteiger partial charge >= 0.3 is 6.09 Å². The van der Waals surface area contributed by atoms with Crippen molar-refractivity contribution >= 4 is 56.5 Å². The number of carbonyl (C=O) groups is 1. The molecule has 1 heterocycles. The minimum Gasteiger partial charge on any atom is -0.444 e. The first kappa shape index (κ1) is 18.8. The van der Waals surface area contributed by atoms with Gasteiger partial charge in [0.05, 0.1) is 9.72 Å². The van der Waals surface area contributed by atoms with Gasteiger partial charge in [0.15, 0.2) is 0 Å². The summed E-state index contributed by atoms with van der Waals surface area (Å²) in [7, 11) is 0. The van der Waals surface area contributed by atoms with Crippen LogP contribution >= 0.6 is 34.5 Å². The van der Waals surface area contributed by atoms with Crippen molar-refractivity contribution < 1.29 is 14.3 Å². The van der Waals surface area contributed by atoms with Crippen LogP contribution in [0.1, 0.15) is 20.8 Å². The van der Waals surface area contributed by atoms with Crippen molar-refractivity contribution in [2.24, 2.45) is 0 Å². The van der Waals surface area contributed by atoms with E-state index < -0.39 is 11.7 Å². The maximum absolute atomic E-state index is 11.9. The lowest BCUT2D eigenvalue weighted by Gasteiger charge is -2.19. The zero-order valence-electron chi connectivity index (χ0n) is 14.3. The predicted octanol–water partition coefficient (Wildman–Crippen LogP) is 6.74. The molecule has 136 valence electrons. The second-order valence-electron chi connectivity index (χ2n) is 6.47. The summed E-state index contributed by atoms with van der Waals surface area (Å²) in [5.74, 6) is 0.443. The molecule has 0 fully saturated rings. The molecule has 3 aromatic rings. The summed E-state index contributed by atoms with van der Waals surface area (Å²) in [6.45, 7) is 5.37. The number of anilines is 1. The third kappa shape index (κ3) is 4.78. The Morgan fingerprint density at radius 2 is 1.96 bits per heavy atom. The van der Waals surface area contributed by atoms with Gasteiger partial charge in [-0.1, -0.05) is 40.6 Å². The summed E-state index contributed by atoms with van der Waals surface area (Å²) in [5.41, 5.74) is 0.548. The molecule has 1 aromatic heterocycles. The average Bonchev–Trinajstić information content (AvgIpc) is 2.88. The molecule has 0 aliphatic carbocycles. The molecule has 5 nitrogen and oxygen atoms in total. The Labute approximate surface area is 164 Å². The Morgan fingerprint density at radius 1 is 1.19 bits per heavy atom. The fourth-order valence-corrected chi connectivity index (χ4v) is 3.51. The van der Waals surface area contributed by atoms with Crippen LogP contribution in [-0.4, -0.2) is 16.7 Å². The average molecular weight is 411 g/mol. The van der Waals surface area contributed by atoms with Crippen molar-refractivity contribution in [1.29, 1.82) is 0 Å². The van der Waals surface area contributed by atoms with Gasteiger partial charge in [0.1, 0.15) is 16.9 Å². The number of rotatable bonds is 3. The molecule has 0 bridgehead atoms. The van der Waals surface area contributed by atoms with Gasteiger partial charge in [-0.2, -0.15) is 0 Å². The first-order chi connectivity index (χ1) is 12.2. The number of nitrogens with zero attached hydrogens (tertiary/aromatic N) is 1. The predicted molar refractivity (Wildman–Crippen MR) is 106 cm³/mol. The minimum absolute atomic E-state index is 0.410. The highest BCUT2D eigenvalue weighted by atomic mass is 35.5. The molecule has 0 unspecified atom stereocenters. The number of hydrogen-bond donors (Lipinski definition) is 1. The SMILES string of the molecule is CC(C)(C)OC(=O)Nc1cc(Cl)cc(Oc2nc3c(Cl)cccc3s2)c1. The minimum atomic E-state index is -0.595. The number of hydrogen-bond acceptors (Lipinski definition) is 5. The van der Waals surface area contributed by atoms with Crippen molar-refractivity contribution in [3.05, 3.63) is 46.4 Å². The molecular formula is C18H16Cl2N2O3S. The van der Waals surface area contributed by atoms with Gasteiger partial charge in [-0.05, 0) is 45.0 Å². The Bertz CT molecular complexity index is 967. The van der Waals surface area contributed by atoms with E-state index in [-0.39, 0.29) is 0 Å². The van der Waals surface area contributed by atoms with E-state index in [1.807, 2.05) is 12.1 Å². The van der Waals surface area contributed by atoms with Crippen LogP contribution in [0.25, 0.3) is 10.2 Å². The molecular weight excluding hydrogens is 395 g/mol. The lowest BCUT2D eigenvalue weighted by atomic mass is 10.2. The Kier molecular flexibility index (Phi) is 5.27. The molecule has 0 aliphatic heterocycles. The first-order valence-corrected chi connectivity index (χ1v) is 9.30. The molecule has 1 amide bonds. The highest BCUT2D eigenvalue weighted by Crippen LogP contribution is 2.36. The number of ether oxygens (including phenoxy) is 2. The molecule has 0 saturated heterocycles. The van der Waals surface area contributed by atoms with Crippen molar-refractivity contribution in [3.63, 3.8) is 0 Å². The Balaban J connectivity index is 1.80. The smallest absolute Gasteiger partial charge is 0.412 e. The summed E-state index contributed by atoms with van der Waals surface area (Å²) in [6.07, 6.45) is -0.572. The van der Waals surface area contributed by atoms with Crippen LogP contribution in [0.2, 0.25) is 10.0 Å². The molecule has 0 saturated carbocycles. The summed E-state index contributed by atoms with van der Waals surface area (Å²) in [6, 6.07) is 10.4. The van der Waals surface area contributed by atoms with E-state index in [1.165, 1.54) is 11.3 Å². The van der Waals surface area contributed by atoms with Gasteiger partial charge in [-0.15, -0.1) is 0 Å². The first-order valence-electron chi connectivity index (χ1n) is 7.73. The second kappa shape index (κ2) is 7.31. The summed E-state index contributed by atoms with van der Waals surface area (Å²) in [5, 5.41) is 4.04. The van der Waals surface area contributed by atoms with Gasteiger partial charge in [-0.25, -0.2) is 9.78 Å². The third-order valence-corrected chi connectivity index (χ3v) is 4.49. The number of para-hydroxylation sites is 1. The zero-order valence-corrected chi connectivity index (χ0v) is 16.6. The maximum Gasteiger partial charge on any atom is 0.412 e. The van der Waals surface area contributed by atoms with Crippen molar-refractivity contribution in [3.8, 4) is 10.9 Å². The number of halogens is 2. The molecule has 0 radical (unpaired) electrons. The number of carbonyl (C=O) groups excluding carboxylic acids is 1. The summed E-state index contributed by atoms with van der Waals surface area (Å²) < 4.78 is 11.9. The number of amides is 1. The van der Waals surface area contributed by atoms with Crippen LogP contribution in [0.5, 0.6) is 10.9 Å². The van der Waals surface area contributed by atoms with Gasteiger partial charge < -0.3 is 9.47 Å². The molecule has 26 heavy (non-hydrogen) atoms. The van der Waals surface area contributed by atoms with E-state index in [0.29, 0.717) is 32.2 Å². The second-order valence-corrected chi connectivity index (χ2v) is 8.31. The van der Waals surface area contributed by atoms with Crippen LogP contribution in [0.4, 0.5) is 10.5 Å². The van der Waals surface area contributed by atoms with Gasteiger partial charge in [0.25, 0.3) is 5.19 Å². The van der Waals surface area contributed by atoms with E-state index in [4.69, 9.17) is 32.7 Å².